The van der Waals surface area contributed by atoms with Crippen LogP contribution in [0.2, 0.25) is 0 Å². The van der Waals surface area contributed by atoms with Gasteiger partial charge < -0.3 is 14.8 Å². The van der Waals surface area contributed by atoms with Gasteiger partial charge in [-0.25, -0.2) is 8.78 Å². The molecule has 0 bridgehead atoms. The van der Waals surface area contributed by atoms with Crippen molar-refractivity contribution in [3.05, 3.63) is 52.9 Å². The Morgan fingerprint density at radius 3 is 2.40 bits per heavy atom. The summed E-state index contributed by atoms with van der Waals surface area (Å²) in [5.74, 6) is -2.27. The van der Waals surface area contributed by atoms with Crippen molar-refractivity contribution in [1.82, 2.24) is 10.3 Å². The average Bonchev–Trinajstić information content (AvgIpc) is 3.42. The molecular formula is C18H16F2N2O3. The van der Waals surface area contributed by atoms with Crippen LogP contribution in [0.1, 0.15) is 35.6 Å². The van der Waals surface area contributed by atoms with Gasteiger partial charge in [-0.2, -0.15) is 0 Å². The molecule has 1 aromatic heterocycles. The fourth-order valence-electron chi connectivity index (χ4n) is 3.55. The number of ether oxygens (including phenoxy) is 2. The van der Waals surface area contributed by atoms with Gasteiger partial charge in [0.2, 0.25) is 5.91 Å². The normalized spacial score (nSPS) is 20.0. The Kier molecular flexibility index (Phi) is 3.42. The van der Waals surface area contributed by atoms with Gasteiger partial charge in [0.1, 0.15) is 0 Å². The van der Waals surface area contributed by atoms with E-state index in [0.29, 0.717) is 5.56 Å². The summed E-state index contributed by atoms with van der Waals surface area (Å²) in [6.45, 7) is 0. The maximum absolute atomic E-state index is 14.9. The summed E-state index contributed by atoms with van der Waals surface area (Å²) in [5, 5.41) is 2.76. The lowest BCUT2D eigenvalue weighted by Gasteiger charge is -2.32. The highest BCUT2D eigenvalue weighted by Crippen LogP contribution is 2.54. The number of carbonyl (C=O) groups excluding carboxylic acids is 1. The van der Waals surface area contributed by atoms with Gasteiger partial charge in [-0.1, -0.05) is 0 Å². The van der Waals surface area contributed by atoms with E-state index in [-0.39, 0.29) is 23.0 Å². The van der Waals surface area contributed by atoms with E-state index in [9.17, 15) is 13.6 Å². The molecule has 1 aromatic carbocycles. The number of hydrogen-bond acceptors (Lipinski definition) is 4. The first-order chi connectivity index (χ1) is 12.0. The Hall–Kier alpha value is -2.70. The van der Waals surface area contributed by atoms with E-state index in [1.54, 1.807) is 18.5 Å². The largest absolute Gasteiger partial charge is 0.494 e. The van der Waals surface area contributed by atoms with Crippen molar-refractivity contribution in [1.29, 1.82) is 0 Å². The number of amides is 1. The van der Waals surface area contributed by atoms with Crippen LogP contribution in [-0.4, -0.2) is 25.1 Å². The minimum Gasteiger partial charge on any atom is -0.494 e. The molecule has 1 unspecified atom stereocenters. The lowest BCUT2D eigenvalue weighted by molar-refractivity contribution is -0.124. The zero-order valence-corrected chi connectivity index (χ0v) is 13.7. The summed E-state index contributed by atoms with van der Waals surface area (Å²) in [6.07, 6.45) is 4.57. The minimum atomic E-state index is -0.994. The van der Waals surface area contributed by atoms with E-state index >= 15 is 0 Å². The van der Waals surface area contributed by atoms with E-state index in [1.165, 1.54) is 14.2 Å². The second-order valence-corrected chi connectivity index (χ2v) is 6.27. The molecule has 2 heterocycles. The number of hydrogen-bond donors (Lipinski definition) is 1. The van der Waals surface area contributed by atoms with Gasteiger partial charge in [0.05, 0.1) is 31.2 Å². The molecule has 1 spiro atoms. The molecule has 0 saturated heterocycles. The quantitative estimate of drug-likeness (QED) is 0.928. The van der Waals surface area contributed by atoms with Crippen LogP contribution >= 0.6 is 0 Å². The molecule has 130 valence electrons. The van der Waals surface area contributed by atoms with Crippen LogP contribution in [0.5, 0.6) is 11.5 Å². The van der Waals surface area contributed by atoms with Crippen molar-refractivity contribution in [2.24, 2.45) is 0 Å². The van der Waals surface area contributed by atoms with E-state index in [0.717, 1.165) is 24.5 Å². The molecular weight excluding hydrogens is 330 g/mol. The van der Waals surface area contributed by atoms with E-state index in [1.807, 2.05) is 0 Å². The van der Waals surface area contributed by atoms with Crippen LogP contribution in [0, 0.1) is 11.6 Å². The third-order valence-electron chi connectivity index (χ3n) is 5.03. The minimum absolute atomic E-state index is 0.153. The highest BCUT2D eigenvalue weighted by Gasteiger charge is 2.56. The Labute approximate surface area is 143 Å². The number of nitrogens with zero attached hydrogens (tertiary/aromatic N) is 1. The molecule has 0 radical (unpaired) electrons. The van der Waals surface area contributed by atoms with Crippen molar-refractivity contribution >= 4 is 5.91 Å². The Bertz CT molecular complexity index is 853. The fourth-order valence-corrected chi connectivity index (χ4v) is 3.55. The van der Waals surface area contributed by atoms with Gasteiger partial charge in [0, 0.05) is 24.0 Å². The Morgan fingerprint density at radius 1 is 1.20 bits per heavy atom. The van der Waals surface area contributed by atoms with Crippen LogP contribution < -0.4 is 14.8 Å². The van der Waals surface area contributed by atoms with Gasteiger partial charge in [-0.15, -0.1) is 0 Å². The number of carbonyl (C=O) groups is 1. The third-order valence-corrected chi connectivity index (χ3v) is 5.03. The lowest BCUT2D eigenvalue weighted by Crippen LogP contribution is -2.44. The van der Waals surface area contributed by atoms with E-state index in [4.69, 9.17) is 9.47 Å². The predicted molar refractivity (Wildman–Crippen MR) is 84.6 cm³/mol. The first kappa shape index (κ1) is 15.8. The van der Waals surface area contributed by atoms with Crippen molar-refractivity contribution in [3.63, 3.8) is 0 Å². The first-order valence-corrected chi connectivity index (χ1v) is 7.88. The van der Waals surface area contributed by atoms with Gasteiger partial charge in [-0.05, 0) is 24.5 Å². The van der Waals surface area contributed by atoms with Crippen LogP contribution in [0.15, 0.2) is 24.5 Å². The molecule has 2 aliphatic rings. The number of fused-ring (bicyclic) bond motifs is 2. The van der Waals surface area contributed by atoms with E-state index < -0.39 is 23.1 Å². The number of methoxy groups -OCH3 is 2. The standard InChI is InChI=1S/C18H16F2N2O3/c1-24-11-7-12(25-2)15(20)13(14(11)19)16-9-8-21-6-3-10(9)18(4-5-18)17(23)22-16/h3,6-8,16H,4-5H2,1-2H3,(H,22,23). The summed E-state index contributed by atoms with van der Waals surface area (Å²) >= 11 is 0. The number of halogens is 2. The molecule has 4 rings (SSSR count). The molecule has 25 heavy (non-hydrogen) atoms. The molecule has 1 atom stereocenters. The summed E-state index contributed by atoms with van der Waals surface area (Å²) in [7, 11) is 2.57. The maximum atomic E-state index is 14.9. The SMILES string of the molecule is COc1cc(OC)c(F)c(C2NC(=O)C3(CC3)c3ccncc32)c1F. The number of rotatable bonds is 3. The molecule has 7 heteroatoms. The third kappa shape index (κ3) is 2.11. The summed E-state index contributed by atoms with van der Waals surface area (Å²) < 4.78 is 39.7. The van der Waals surface area contributed by atoms with Crippen molar-refractivity contribution in [3.8, 4) is 11.5 Å². The van der Waals surface area contributed by atoms with Crippen LogP contribution in [0.3, 0.4) is 0 Å². The van der Waals surface area contributed by atoms with Crippen LogP contribution in [-0.2, 0) is 10.2 Å². The number of nitrogens with one attached hydrogen (secondary N) is 1. The molecule has 1 N–H and O–H groups in total. The summed E-state index contributed by atoms with van der Waals surface area (Å²) in [4.78, 5) is 16.7. The average molecular weight is 346 g/mol. The van der Waals surface area contributed by atoms with Crippen LogP contribution in [0.4, 0.5) is 8.78 Å². The summed E-state index contributed by atoms with van der Waals surface area (Å²) in [5.41, 5.74) is 0.462. The highest BCUT2D eigenvalue weighted by molar-refractivity contribution is 5.94. The van der Waals surface area contributed by atoms with Gasteiger partial charge in [0.15, 0.2) is 23.1 Å². The van der Waals surface area contributed by atoms with Crippen LogP contribution in [0.25, 0.3) is 0 Å². The molecule has 1 saturated carbocycles. The van der Waals surface area contributed by atoms with Crippen molar-refractivity contribution in [2.45, 2.75) is 24.3 Å². The molecule has 1 aliphatic heterocycles. The van der Waals surface area contributed by atoms with Gasteiger partial charge in [0.25, 0.3) is 0 Å². The fraction of sp³-hybridized carbons (Fsp3) is 0.333. The topological polar surface area (TPSA) is 60.5 Å². The zero-order valence-electron chi connectivity index (χ0n) is 13.7. The Balaban J connectivity index is 1.95. The van der Waals surface area contributed by atoms with Crippen molar-refractivity contribution < 1.29 is 23.0 Å². The Morgan fingerprint density at radius 2 is 1.84 bits per heavy atom. The second kappa shape index (κ2) is 5.40. The smallest absolute Gasteiger partial charge is 0.231 e. The summed E-state index contributed by atoms with van der Waals surface area (Å²) in [6, 6.07) is 1.90. The highest BCUT2D eigenvalue weighted by atomic mass is 19.1. The molecule has 1 amide bonds. The second-order valence-electron chi connectivity index (χ2n) is 6.27. The number of benzene rings is 1. The zero-order chi connectivity index (χ0) is 17.8. The van der Waals surface area contributed by atoms with Gasteiger partial charge in [-0.3, -0.25) is 9.78 Å². The lowest BCUT2D eigenvalue weighted by atomic mass is 9.82. The maximum Gasteiger partial charge on any atom is 0.231 e. The van der Waals surface area contributed by atoms with Gasteiger partial charge >= 0.3 is 0 Å². The molecule has 1 aliphatic carbocycles. The van der Waals surface area contributed by atoms with E-state index in [2.05, 4.69) is 10.3 Å². The molecule has 2 aromatic rings. The molecule has 5 nitrogen and oxygen atoms in total. The first-order valence-electron chi connectivity index (χ1n) is 7.88. The number of pyridine rings is 1. The number of aromatic nitrogens is 1. The molecule has 1 fully saturated rings. The predicted octanol–water partition coefficient (Wildman–Crippen LogP) is 2.63. The monoisotopic (exact) mass is 346 g/mol. The van der Waals surface area contributed by atoms with Crippen molar-refractivity contribution in [2.75, 3.05) is 14.2 Å².